The van der Waals surface area contributed by atoms with Crippen molar-refractivity contribution in [1.82, 2.24) is 0 Å². The molecule has 0 N–H and O–H groups in total. The van der Waals surface area contributed by atoms with Gasteiger partial charge in [-0.1, -0.05) is 127 Å². The molecular weight excluding hydrogens is 559 g/mol. The number of hydrogen-bond acceptors (Lipinski definition) is 2. The van der Waals surface area contributed by atoms with Crippen LogP contribution in [0.4, 0.5) is 0 Å². The maximum atomic E-state index is 6.38. The Kier molecular flexibility index (Phi) is 5.79. The van der Waals surface area contributed by atoms with E-state index in [2.05, 4.69) is 167 Å². The molecular formula is C43H35BO2. The van der Waals surface area contributed by atoms with Crippen LogP contribution < -0.4 is 5.46 Å². The zero-order valence-electron chi connectivity index (χ0n) is 26.7. The lowest BCUT2D eigenvalue weighted by Crippen LogP contribution is -2.41. The third kappa shape index (κ3) is 3.73. The first-order chi connectivity index (χ1) is 22.3. The lowest BCUT2D eigenvalue weighted by Gasteiger charge is -2.32. The molecule has 3 aliphatic rings. The molecule has 222 valence electrons. The van der Waals surface area contributed by atoms with Gasteiger partial charge in [-0.05, 0) is 112 Å². The highest BCUT2D eigenvalue weighted by atomic mass is 16.7. The third-order valence-electron chi connectivity index (χ3n) is 10.9. The van der Waals surface area contributed by atoms with Crippen molar-refractivity contribution in [1.29, 1.82) is 0 Å². The summed E-state index contributed by atoms with van der Waals surface area (Å²) in [6, 6.07) is 51.5. The quantitative estimate of drug-likeness (QED) is 0.190. The number of rotatable bonds is 3. The van der Waals surface area contributed by atoms with Gasteiger partial charge in [0, 0.05) is 0 Å². The SMILES string of the molecule is CC1(C)OB(c2cccc(-c3cccc(-c4ccc5c(c4)C4(c6ccccc6-c6ccccc64)c4ccccc4-5)c3)c2)OC1(C)C. The van der Waals surface area contributed by atoms with Gasteiger partial charge in [-0.2, -0.15) is 0 Å². The first-order valence-electron chi connectivity index (χ1n) is 16.3. The third-order valence-corrected chi connectivity index (χ3v) is 10.9. The Morgan fingerprint density at radius 2 is 0.826 bits per heavy atom. The topological polar surface area (TPSA) is 18.5 Å². The van der Waals surface area contributed by atoms with E-state index in [4.69, 9.17) is 9.31 Å². The molecule has 1 spiro atoms. The Labute approximate surface area is 271 Å². The molecule has 1 saturated heterocycles. The normalized spacial score (nSPS) is 17.4. The number of benzene rings is 6. The van der Waals surface area contributed by atoms with Crippen LogP contribution in [0, 0.1) is 0 Å². The van der Waals surface area contributed by atoms with Crippen LogP contribution in [0.15, 0.2) is 140 Å². The summed E-state index contributed by atoms with van der Waals surface area (Å²) in [4.78, 5) is 0. The summed E-state index contributed by atoms with van der Waals surface area (Å²) in [7, 11) is -0.389. The minimum atomic E-state index is -0.389. The largest absolute Gasteiger partial charge is 0.494 e. The predicted molar refractivity (Wildman–Crippen MR) is 189 cm³/mol. The zero-order valence-corrected chi connectivity index (χ0v) is 26.7. The van der Waals surface area contributed by atoms with Crippen molar-refractivity contribution in [2.45, 2.75) is 44.3 Å². The number of hydrogen-bond donors (Lipinski definition) is 0. The predicted octanol–water partition coefficient (Wildman–Crippen LogP) is 9.66. The van der Waals surface area contributed by atoms with E-state index in [-0.39, 0.29) is 23.7 Å². The van der Waals surface area contributed by atoms with Crippen LogP contribution in [0.5, 0.6) is 0 Å². The molecule has 0 radical (unpaired) electrons. The Morgan fingerprint density at radius 3 is 1.37 bits per heavy atom. The second kappa shape index (κ2) is 9.66. The fraction of sp³-hybridized carbons (Fsp3) is 0.163. The van der Waals surface area contributed by atoms with Gasteiger partial charge in [0.05, 0.1) is 16.6 Å². The van der Waals surface area contributed by atoms with Gasteiger partial charge in [0.25, 0.3) is 0 Å². The lowest BCUT2D eigenvalue weighted by atomic mass is 9.70. The van der Waals surface area contributed by atoms with Gasteiger partial charge in [0.1, 0.15) is 0 Å². The van der Waals surface area contributed by atoms with E-state index in [0.717, 1.165) is 11.0 Å². The van der Waals surface area contributed by atoms with Gasteiger partial charge in [0.15, 0.2) is 0 Å². The molecule has 1 fully saturated rings. The highest BCUT2D eigenvalue weighted by Gasteiger charge is 2.52. The van der Waals surface area contributed by atoms with Crippen molar-refractivity contribution in [2.24, 2.45) is 0 Å². The second-order valence-corrected chi connectivity index (χ2v) is 13.9. The molecule has 3 heteroatoms. The van der Waals surface area contributed by atoms with E-state index in [1.54, 1.807) is 0 Å². The average Bonchev–Trinajstić information content (AvgIpc) is 3.64. The minimum absolute atomic E-state index is 0.343. The van der Waals surface area contributed by atoms with E-state index in [0.29, 0.717) is 0 Å². The molecule has 2 nitrogen and oxygen atoms in total. The molecule has 1 aliphatic heterocycles. The molecule has 46 heavy (non-hydrogen) atoms. The Hall–Kier alpha value is -4.70. The van der Waals surface area contributed by atoms with Crippen LogP contribution in [0.3, 0.4) is 0 Å². The molecule has 6 aromatic carbocycles. The fourth-order valence-corrected chi connectivity index (χ4v) is 8.00. The van der Waals surface area contributed by atoms with Crippen molar-refractivity contribution >= 4 is 12.6 Å². The summed E-state index contributed by atoms with van der Waals surface area (Å²) < 4.78 is 12.8. The highest BCUT2D eigenvalue weighted by Crippen LogP contribution is 2.63. The smallest absolute Gasteiger partial charge is 0.399 e. The zero-order chi connectivity index (χ0) is 31.3. The summed E-state index contributed by atoms with van der Waals surface area (Å²) in [6.45, 7) is 8.40. The summed E-state index contributed by atoms with van der Waals surface area (Å²) in [5.74, 6) is 0. The first kappa shape index (κ1) is 27.6. The Balaban J connectivity index is 1.17. The fourth-order valence-electron chi connectivity index (χ4n) is 8.00. The molecule has 2 aliphatic carbocycles. The van der Waals surface area contributed by atoms with Crippen molar-refractivity contribution in [3.8, 4) is 44.5 Å². The Morgan fingerprint density at radius 1 is 0.391 bits per heavy atom. The van der Waals surface area contributed by atoms with Crippen LogP contribution in [-0.2, 0) is 14.7 Å². The molecule has 0 aromatic heterocycles. The molecule has 0 saturated carbocycles. The average molecular weight is 595 g/mol. The van der Waals surface area contributed by atoms with Crippen LogP contribution >= 0.6 is 0 Å². The monoisotopic (exact) mass is 594 g/mol. The molecule has 0 unspecified atom stereocenters. The van der Waals surface area contributed by atoms with Crippen LogP contribution in [0.1, 0.15) is 49.9 Å². The van der Waals surface area contributed by atoms with Gasteiger partial charge in [-0.3, -0.25) is 0 Å². The standard InChI is InChI=1S/C43H35BO2/c1-41(2)42(3,4)46-44(45-41)32-16-12-15-30(26-32)28-13-11-14-29(25-28)31-23-24-36-35-19-7-10-22-39(35)43(40(36)27-31)37-20-8-5-17-33(37)34-18-6-9-21-38(34)43/h5-27H,1-4H3. The van der Waals surface area contributed by atoms with Gasteiger partial charge in [0.2, 0.25) is 0 Å². The van der Waals surface area contributed by atoms with Gasteiger partial charge in [-0.15, -0.1) is 0 Å². The maximum Gasteiger partial charge on any atom is 0.494 e. The molecule has 6 aromatic rings. The second-order valence-electron chi connectivity index (χ2n) is 13.9. The van der Waals surface area contributed by atoms with Gasteiger partial charge < -0.3 is 9.31 Å². The van der Waals surface area contributed by atoms with Crippen molar-refractivity contribution in [3.05, 3.63) is 162 Å². The molecule has 9 rings (SSSR count). The van der Waals surface area contributed by atoms with E-state index in [9.17, 15) is 0 Å². The molecule has 0 atom stereocenters. The summed E-state index contributed by atoms with van der Waals surface area (Å²) in [6.07, 6.45) is 0. The highest BCUT2D eigenvalue weighted by molar-refractivity contribution is 6.62. The maximum absolute atomic E-state index is 6.38. The molecule has 0 amide bonds. The van der Waals surface area contributed by atoms with Crippen LogP contribution in [0.2, 0.25) is 0 Å². The summed E-state index contributed by atoms with van der Waals surface area (Å²) in [5.41, 5.74) is 15.4. The van der Waals surface area contributed by atoms with Gasteiger partial charge >= 0.3 is 7.12 Å². The van der Waals surface area contributed by atoms with Crippen molar-refractivity contribution in [2.75, 3.05) is 0 Å². The molecule has 0 bridgehead atoms. The Bertz CT molecular complexity index is 2110. The van der Waals surface area contributed by atoms with Crippen molar-refractivity contribution < 1.29 is 9.31 Å². The van der Waals surface area contributed by atoms with E-state index in [1.807, 2.05) is 0 Å². The van der Waals surface area contributed by atoms with Crippen LogP contribution in [0.25, 0.3) is 44.5 Å². The lowest BCUT2D eigenvalue weighted by molar-refractivity contribution is 0.00578. The summed E-state index contributed by atoms with van der Waals surface area (Å²) in [5, 5.41) is 0. The van der Waals surface area contributed by atoms with E-state index >= 15 is 0 Å². The van der Waals surface area contributed by atoms with Gasteiger partial charge in [-0.25, -0.2) is 0 Å². The van der Waals surface area contributed by atoms with Crippen molar-refractivity contribution in [3.63, 3.8) is 0 Å². The number of fused-ring (bicyclic) bond motifs is 10. The minimum Gasteiger partial charge on any atom is -0.399 e. The van der Waals surface area contributed by atoms with E-state index < -0.39 is 0 Å². The summed E-state index contributed by atoms with van der Waals surface area (Å²) >= 11 is 0. The molecule has 1 heterocycles. The van der Waals surface area contributed by atoms with Crippen LogP contribution in [-0.4, -0.2) is 18.3 Å². The first-order valence-corrected chi connectivity index (χ1v) is 16.3. The van der Waals surface area contributed by atoms with E-state index in [1.165, 1.54) is 61.2 Å².